The number of piperidine rings is 1. The normalized spacial score (nSPS) is 22.3. The number of aryl methyl sites for hydroxylation is 2. The molecule has 2 fully saturated rings. The number of hydrogen-bond donors (Lipinski definition) is 3. The number of rotatable bonds is 5. The van der Waals surface area contributed by atoms with E-state index in [2.05, 4.69) is 48.2 Å². The number of benzene rings is 1. The van der Waals surface area contributed by atoms with E-state index in [1.165, 1.54) is 16.7 Å². The van der Waals surface area contributed by atoms with Crippen molar-refractivity contribution in [3.8, 4) is 0 Å². The SMILES string of the molecule is Cc1ccc(C2CC(C(=O)N3CCC(NC(=O)Cc4cccs4)CC3)NN2)c(C)c1. The number of nitrogens with zero attached hydrogens (tertiary/aromatic N) is 1. The van der Waals surface area contributed by atoms with Gasteiger partial charge < -0.3 is 10.2 Å². The lowest BCUT2D eigenvalue weighted by Gasteiger charge is -2.33. The minimum atomic E-state index is -0.208. The average Bonchev–Trinajstić information content (AvgIpc) is 3.40. The van der Waals surface area contributed by atoms with Gasteiger partial charge >= 0.3 is 0 Å². The Labute approximate surface area is 182 Å². The Morgan fingerprint density at radius 2 is 1.97 bits per heavy atom. The summed E-state index contributed by atoms with van der Waals surface area (Å²) in [5, 5.41) is 5.12. The highest BCUT2D eigenvalue weighted by Gasteiger charge is 2.35. The molecule has 2 unspecified atom stereocenters. The quantitative estimate of drug-likeness (QED) is 0.687. The molecule has 2 amide bonds. The number of likely N-dealkylation sites (tertiary alicyclic amines) is 1. The van der Waals surface area contributed by atoms with E-state index in [1.54, 1.807) is 11.3 Å². The van der Waals surface area contributed by atoms with Gasteiger partial charge in [0.25, 0.3) is 0 Å². The number of thiophene rings is 1. The molecule has 4 rings (SSSR count). The third kappa shape index (κ3) is 4.91. The molecule has 1 aromatic heterocycles. The summed E-state index contributed by atoms with van der Waals surface area (Å²) < 4.78 is 0. The van der Waals surface area contributed by atoms with Crippen molar-refractivity contribution in [1.82, 2.24) is 21.1 Å². The van der Waals surface area contributed by atoms with E-state index in [1.807, 2.05) is 22.4 Å². The Bertz CT molecular complexity index is 891. The lowest BCUT2D eigenvalue weighted by Crippen LogP contribution is -2.51. The van der Waals surface area contributed by atoms with Gasteiger partial charge in [-0.2, -0.15) is 0 Å². The van der Waals surface area contributed by atoms with Crippen molar-refractivity contribution in [2.45, 2.75) is 57.7 Å². The highest BCUT2D eigenvalue weighted by Crippen LogP contribution is 2.27. The molecule has 1 aromatic carbocycles. The van der Waals surface area contributed by atoms with Gasteiger partial charge in [-0.25, -0.2) is 10.9 Å². The fraction of sp³-hybridized carbons (Fsp3) is 0.478. The first-order chi connectivity index (χ1) is 14.5. The Morgan fingerprint density at radius 3 is 2.67 bits per heavy atom. The molecule has 7 heteroatoms. The van der Waals surface area contributed by atoms with Crippen LogP contribution < -0.4 is 16.2 Å². The molecule has 2 aliphatic rings. The van der Waals surface area contributed by atoms with Crippen LogP contribution in [0.1, 0.15) is 46.9 Å². The van der Waals surface area contributed by atoms with Crippen LogP contribution in [-0.2, 0) is 16.0 Å². The maximum atomic E-state index is 13.0. The summed E-state index contributed by atoms with van der Waals surface area (Å²) in [6, 6.07) is 10.5. The Balaban J connectivity index is 1.25. The zero-order valence-electron chi connectivity index (χ0n) is 17.6. The second kappa shape index (κ2) is 9.29. The Hall–Kier alpha value is -2.22. The summed E-state index contributed by atoms with van der Waals surface area (Å²) >= 11 is 1.61. The van der Waals surface area contributed by atoms with Crippen LogP contribution in [0.2, 0.25) is 0 Å². The van der Waals surface area contributed by atoms with Crippen molar-refractivity contribution in [3.05, 3.63) is 57.3 Å². The highest BCUT2D eigenvalue weighted by atomic mass is 32.1. The average molecular weight is 427 g/mol. The van der Waals surface area contributed by atoms with E-state index in [-0.39, 0.29) is 29.9 Å². The minimum Gasteiger partial charge on any atom is -0.353 e. The van der Waals surface area contributed by atoms with Crippen molar-refractivity contribution in [3.63, 3.8) is 0 Å². The van der Waals surface area contributed by atoms with Crippen molar-refractivity contribution in [1.29, 1.82) is 0 Å². The Morgan fingerprint density at radius 1 is 1.17 bits per heavy atom. The summed E-state index contributed by atoms with van der Waals surface area (Å²) in [4.78, 5) is 28.2. The second-order valence-electron chi connectivity index (χ2n) is 8.41. The molecule has 0 spiro atoms. The van der Waals surface area contributed by atoms with Crippen LogP contribution in [-0.4, -0.2) is 41.9 Å². The topological polar surface area (TPSA) is 73.5 Å². The summed E-state index contributed by atoms with van der Waals surface area (Å²) in [7, 11) is 0. The van der Waals surface area contributed by atoms with Crippen LogP contribution in [0.5, 0.6) is 0 Å². The molecule has 3 N–H and O–H groups in total. The van der Waals surface area contributed by atoms with E-state index < -0.39 is 0 Å². The Kier molecular flexibility index (Phi) is 6.51. The summed E-state index contributed by atoms with van der Waals surface area (Å²) in [5.41, 5.74) is 10.3. The molecule has 2 aliphatic heterocycles. The van der Waals surface area contributed by atoms with Gasteiger partial charge in [0.1, 0.15) is 6.04 Å². The predicted octanol–water partition coefficient (Wildman–Crippen LogP) is 2.62. The molecular weight excluding hydrogens is 396 g/mol. The number of hydrazine groups is 1. The van der Waals surface area contributed by atoms with E-state index in [0.29, 0.717) is 19.5 Å². The third-order valence-corrected chi connectivity index (χ3v) is 6.97. The monoisotopic (exact) mass is 426 g/mol. The molecule has 6 nitrogen and oxygen atoms in total. The van der Waals surface area contributed by atoms with Crippen LogP contribution >= 0.6 is 11.3 Å². The second-order valence-corrected chi connectivity index (χ2v) is 9.45. The maximum Gasteiger partial charge on any atom is 0.241 e. The van der Waals surface area contributed by atoms with Gasteiger partial charge in [0.2, 0.25) is 11.8 Å². The molecule has 2 atom stereocenters. The molecule has 0 saturated carbocycles. The van der Waals surface area contributed by atoms with Crippen LogP contribution in [0.15, 0.2) is 35.7 Å². The molecular formula is C23H30N4O2S. The van der Waals surface area contributed by atoms with E-state index in [4.69, 9.17) is 0 Å². The molecule has 0 radical (unpaired) electrons. The first-order valence-corrected chi connectivity index (χ1v) is 11.6. The van der Waals surface area contributed by atoms with E-state index >= 15 is 0 Å². The zero-order chi connectivity index (χ0) is 21.1. The lowest BCUT2D eigenvalue weighted by molar-refractivity contribution is -0.134. The first-order valence-electron chi connectivity index (χ1n) is 10.7. The fourth-order valence-corrected chi connectivity index (χ4v) is 5.16. The van der Waals surface area contributed by atoms with Crippen LogP contribution in [0, 0.1) is 13.8 Å². The van der Waals surface area contributed by atoms with Crippen molar-refractivity contribution in [2.24, 2.45) is 0 Å². The zero-order valence-corrected chi connectivity index (χ0v) is 18.4. The van der Waals surface area contributed by atoms with Gasteiger partial charge in [-0.05, 0) is 55.7 Å². The standard InChI is InChI=1S/C23H30N4O2S/c1-15-5-6-19(16(2)12-15)20-14-21(26-25-20)23(29)27-9-7-17(8-10-27)24-22(28)13-18-4-3-11-30-18/h3-6,11-12,17,20-21,25-26H,7-10,13-14H2,1-2H3,(H,24,28). The van der Waals surface area contributed by atoms with Gasteiger partial charge in [-0.15, -0.1) is 11.3 Å². The van der Waals surface area contributed by atoms with Gasteiger partial charge in [0.15, 0.2) is 0 Å². The smallest absolute Gasteiger partial charge is 0.241 e. The first kappa shape index (κ1) is 21.0. The number of hydrogen-bond acceptors (Lipinski definition) is 5. The van der Waals surface area contributed by atoms with Gasteiger partial charge in [0.05, 0.1) is 6.42 Å². The van der Waals surface area contributed by atoms with E-state index in [0.717, 1.165) is 24.1 Å². The third-order valence-electron chi connectivity index (χ3n) is 6.09. The largest absolute Gasteiger partial charge is 0.353 e. The summed E-state index contributed by atoms with van der Waals surface area (Å²) in [6.07, 6.45) is 2.81. The summed E-state index contributed by atoms with van der Waals surface area (Å²) in [6.45, 7) is 5.60. The van der Waals surface area contributed by atoms with Gasteiger partial charge in [-0.1, -0.05) is 29.8 Å². The minimum absolute atomic E-state index is 0.0696. The van der Waals surface area contributed by atoms with Crippen LogP contribution in [0.3, 0.4) is 0 Å². The van der Waals surface area contributed by atoms with Gasteiger partial charge in [0, 0.05) is 30.1 Å². The number of carbonyl (C=O) groups is 2. The predicted molar refractivity (Wildman–Crippen MR) is 119 cm³/mol. The molecule has 0 aliphatic carbocycles. The van der Waals surface area contributed by atoms with Crippen molar-refractivity contribution < 1.29 is 9.59 Å². The van der Waals surface area contributed by atoms with Crippen LogP contribution in [0.25, 0.3) is 0 Å². The summed E-state index contributed by atoms with van der Waals surface area (Å²) in [5.74, 6) is 0.221. The molecule has 2 saturated heterocycles. The molecule has 3 heterocycles. The van der Waals surface area contributed by atoms with Crippen molar-refractivity contribution >= 4 is 23.2 Å². The van der Waals surface area contributed by atoms with Gasteiger partial charge in [-0.3, -0.25) is 9.59 Å². The van der Waals surface area contributed by atoms with Crippen LogP contribution in [0.4, 0.5) is 0 Å². The maximum absolute atomic E-state index is 13.0. The number of carbonyl (C=O) groups excluding carboxylic acids is 2. The molecule has 160 valence electrons. The highest BCUT2D eigenvalue weighted by molar-refractivity contribution is 7.10. The van der Waals surface area contributed by atoms with E-state index in [9.17, 15) is 9.59 Å². The molecule has 30 heavy (non-hydrogen) atoms. The number of amides is 2. The fourth-order valence-electron chi connectivity index (χ4n) is 4.45. The van der Waals surface area contributed by atoms with Crippen molar-refractivity contribution in [2.75, 3.05) is 13.1 Å². The number of nitrogens with one attached hydrogen (secondary N) is 3. The molecule has 2 aromatic rings. The molecule has 0 bridgehead atoms. The lowest BCUT2D eigenvalue weighted by atomic mass is 9.95.